The van der Waals surface area contributed by atoms with Crippen LogP contribution in [0.3, 0.4) is 0 Å². The lowest BCUT2D eigenvalue weighted by atomic mass is 10.0. The number of nitrogens with two attached hydrogens (primary N) is 1. The Morgan fingerprint density at radius 2 is 1.91 bits per heavy atom. The van der Waals surface area contributed by atoms with Crippen molar-refractivity contribution in [1.82, 2.24) is 5.16 Å². The van der Waals surface area contributed by atoms with E-state index in [2.05, 4.69) is 0 Å². The second-order valence-electron chi connectivity index (χ2n) is 4.56. The van der Waals surface area contributed by atoms with Crippen molar-refractivity contribution in [2.75, 3.05) is 0 Å². The van der Waals surface area contributed by atoms with Crippen LogP contribution in [0.1, 0.15) is 11.1 Å². The first kappa shape index (κ1) is 15.8. The van der Waals surface area contributed by atoms with Gasteiger partial charge in [0.25, 0.3) is 5.56 Å². The molecule has 0 bridgehead atoms. The van der Waals surface area contributed by atoms with E-state index < -0.39 is 29.3 Å². The van der Waals surface area contributed by atoms with Crippen LogP contribution in [0.5, 0.6) is 0 Å². The number of hydrogen-bond acceptors (Lipinski definition) is 4. The van der Waals surface area contributed by atoms with Crippen molar-refractivity contribution in [2.24, 2.45) is 5.73 Å². The van der Waals surface area contributed by atoms with Gasteiger partial charge in [-0.05, 0) is 12.1 Å². The predicted octanol–water partition coefficient (Wildman–Crippen LogP) is 1.61. The molecule has 0 spiro atoms. The molecule has 2 aromatic rings. The van der Waals surface area contributed by atoms with Gasteiger partial charge in [0.15, 0.2) is 5.76 Å². The highest BCUT2D eigenvalue weighted by atomic mass is 19.4. The number of H-pyrrole nitrogens is 1. The van der Waals surface area contributed by atoms with Gasteiger partial charge in [-0.3, -0.25) is 9.59 Å². The van der Waals surface area contributed by atoms with E-state index in [9.17, 15) is 22.8 Å². The molecule has 1 atom stereocenters. The van der Waals surface area contributed by atoms with E-state index in [0.29, 0.717) is 0 Å². The zero-order valence-corrected chi connectivity index (χ0v) is 11.0. The molecule has 1 heterocycles. The van der Waals surface area contributed by atoms with Crippen LogP contribution in [-0.2, 0) is 17.4 Å². The first-order valence-electron chi connectivity index (χ1n) is 6.06. The van der Waals surface area contributed by atoms with E-state index >= 15 is 0 Å². The molecular weight excluding hydrogens is 305 g/mol. The number of alkyl halides is 3. The molecule has 6 nitrogen and oxygen atoms in total. The fraction of sp³-hybridized carbons (Fsp3) is 0.231. The summed E-state index contributed by atoms with van der Waals surface area (Å²) in [5, 5.41) is 10.8. The van der Waals surface area contributed by atoms with Gasteiger partial charge in [-0.25, -0.2) is 0 Å². The van der Waals surface area contributed by atoms with E-state index in [1.54, 1.807) is 0 Å². The Labute approximate surface area is 121 Å². The zero-order valence-electron chi connectivity index (χ0n) is 11.0. The second kappa shape index (κ2) is 5.68. The van der Waals surface area contributed by atoms with Crippen molar-refractivity contribution < 1.29 is 27.6 Å². The molecule has 0 aliphatic heterocycles. The smallest absolute Gasteiger partial charge is 0.416 e. The maximum atomic E-state index is 12.5. The lowest BCUT2D eigenvalue weighted by molar-refractivity contribution is -0.139. The minimum absolute atomic E-state index is 0.0320. The predicted molar refractivity (Wildman–Crippen MR) is 69.1 cm³/mol. The van der Waals surface area contributed by atoms with Gasteiger partial charge in [0.05, 0.1) is 11.1 Å². The first-order valence-corrected chi connectivity index (χ1v) is 6.06. The number of hydrogen-bond donors (Lipinski definition) is 3. The lowest BCUT2D eigenvalue weighted by Crippen LogP contribution is -2.33. The van der Waals surface area contributed by atoms with Crippen molar-refractivity contribution >= 4 is 5.97 Å². The third kappa shape index (κ3) is 3.19. The summed E-state index contributed by atoms with van der Waals surface area (Å²) in [4.78, 5) is 22.4. The van der Waals surface area contributed by atoms with Gasteiger partial charge in [0.1, 0.15) is 6.04 Å². The number of carboxylic acid groups (broad SMARTS) is 1. The van der Waals surface area contributed by atoms with Crippen molar-refractivity contribution in [1.29, 1.82) is 0 Å². The highest BCUT2D eigenvalue weighted by molar-refractivity contribution is 5.74. The van der Waals surface area contributed by atoms with Gasteiger partial charge in [-0.2, -0.15) is 18.3 Å². The third-order valence-corrected chi connectivity index (χ3v) is 3.01. The van der Waals surface area contributed by atoms with Gasteiger partial charge >= 0.3 is 12.1 Å². The summed E-state index contributed by atoms with van der Waals surface area (Å²) < 4.78 is 42.4. The Kier molecular flexibility index (Phi) is 4.09. The normalized spacial score (nSPS) is 13.1. The van der Waals surface area contributed by atoms with Crippen LogP contribution in [0.15, 0.2) is 33.6 Å². The Hall–Kier alpha value is -2.55. The van der Waals surface area contributed by atoms with E-state index in [-0.39, 0.29) is 23.3 Å². The summed E-state index contributed by atoms with van der Waals surface area (Å²) in [5.41, 5.74) is 4.01. The molecule has 9 heteroatoms. The number of rotatable bonds is 4. The van der Waals surface area contributed by atoms with Crippen molar-refractivity contribution in [2.45, 2.75) is 18.6 Å². The first-order chi connectivity index (χ1) is 10.2. The topological polar surface area (TPSA) is 109 Å². The standard InChI is InChI=1S/C13H11F3N2O4/c14-13(15,16)7-3-1-6(2-4-7)10-8(11(19)18-22-10)5-9(17)12(20)21/h1-4,9H,5,17H2,(H,18,19)(H,20,21)/t9-/m0/s1. The fourth-order valence-corrected chi connectivity index (χ4v) is 1.86. The highest BCUT2D eigenvalue weighted by Crippen LogP contribution is 2.31. The van der Waals surface area contributed by atoms with E-state index in [0.717, 1.165) is 24.3 Å². The van der Waals surface area contributed by atoms with Gasteiger partial charge in [0, 0.05) is 12.0 Å². The molecule has 22 heavy (non-hydrogen) atoms. The summed E-state index contributed by atoms with van der Waals surface area (Å²) in [5.74, 6) is -1.34. The maximum Gasteiger partial charge on any atom is 0.416 e. The lowest BCUT2D eigenvalue weighted by Gasteiger charge is -2.08. The minimum atomic E-state index is -4.48. The van der Waals surface area contributed by atoms with Crippen LogP contribution in [0, 0.1) is 0 Å². The van der Waals surface area contributed by atoms with E-state index in [1.807, 2.05) is 5.16 Å². The molecule has 4 N–H and O–H groups in total. The average molecular weight is 316 g/mol. The zero-order chi connectivity index (χ0) is 16.5. The quantitative estimate of drug-likeness (QED) is 0.794. The Morgan fingerprint density at radius 3 is 2.41 bits per heavy atom. The Bertz CT molecular complexity index is 731. The molecule has 0 aliphatic rings. The van der Waals surface area contributed by atoms with Crippen LogP contribution in [0.2, 0.25) is 0 Å². The molecule has 0 unspecified atom stereocenters. The van der Waals surface area contributed by atoms with Crippen molar-refractivity contribution in [3.63, 3.8) is 0 Å². The molecule has 0 fully saturated rings. The Morgan fingerprint density at radius 1 is 1.32 bits per heavy atom. The van der Waals surface area contributed by atoms with E-state index in [1.165, 1.54) is 0 Å². The molecule has 0 saturated carbocycles. The third-order valence-electron chi connectivity index (χ3n) is 3.01. The molecule has 0 saturated heterocycles. The molecule has 118 valence electrons. The number of aromatic amines is 1. The number of aromatic nitrogens is 1. The van der Waals surface area contributed by atoms with Crippen LogP contribution in [0.4, 0.5) is 13.2 Å². The second-order valence-corrected chi connectivity index (χ2v) is 4.56. The summed E-state index contributed by atoms with van der Waals surface area (Å²) in [7, 11) is 0. The summed E-state index contributed by atoms with van der Waals surface area (Å²) in [6, 6.07) is 2.61. The monoisotopic (exact) mass is 316 g/mol. The largest absolute Gasteiger partial charge is 0.480 e. The van der Waals surface area contributed by atoms with Crippen LogP contribution >= 0.6 is 0 Å². The molecule has 2 rings (SSSR count). The summed E-state index contributed by atoms with van der Waals surface area (Å²) in [6.45, 7) is 0. The molecule has 1 aromatic heterocycles. The summed E-state index contributed by atoms with van der Waals surface area (Å²) >= 11 is 0. The SMILES string of the molecule is N[C@@H](Cc1c(-c2ccc(C(F)(F)F)cc2)o[nH]c1=O)C(=O)O. The molecule has 0 aliphatic carbocycles. The number of aliphatic carboxylic acids is 1. The van der Waals surface area contributed by atoms with Gasteiger partial charge in [0.2, 0.25) is 0 Å². The molecule has 1 aromatic carbocycles. The van der Waals surface area contributed by atoms with Gasteiger partial charge in [-0.15, -0.1) is 0 Å². The number of nitrogens with one attached hydrogen (secondary N) is 1. The Balaban J connectivity index is 2.38. The van der Waals surface area contributed by atoms with Crippen LogP contribution in [0.25, 0.3) is 11.3 Å². The van der Waals surface area contributed by atoms with Gasteiger partial charge in [-0.1, -0.05) is 12.1 Å². The van der Waals surface area contributed by atoms with Crippen LogP contribution in [-0.4, -0.2) is 22.3 Å². The van der Waals surface area contributed by atoms with Crippen molar-refractivity contribution in [3.05, 3.63) is 45.7 Å². The number of carboxylic acids is 1. The summed E-state index contributed by atoms with van der Waals surface area (Å²) in [6.07, 6.45) is -4.79. The maximum absolute atomic E-state index is 12.5. The molecule has 0 amide bonds. The number of halogens is 3. The van der Waals surface area contributed by atoms with Gasteiger partial charge < -0.3 is 15.4 Å². The van der Waals surface area contributed by atoms with Crippen LogP contribution < -0.4 is 11.3 Å². The fourth-order valence-electron chi connectivity index (χ4n) is 1.86. The van der Waals surface area contributed by atoms with Crippen molar-refractivity contribution in [3.8, 4) is 11.3 Å². The average Bonchev–Trinajstić information content (AvgIpc) is 2.79. The molecule has 0 radical (unpaired) electrons. The highest BCUT2D eigenvalue weighted by Gasteiger charge is 2.30. The molecular formula is C13H11F3N2O4. The number of carbonyl (C=O) groups is 1. The van der Waals surface area contributed by atoms with E-state index in [4.69, 9.17) is 15.4 Å². The number of benzene rings is 1. The minimum Gasteiger partial charge on any atom is -0.480 e.